The predicted octanol–water partition coefficient (Wildman–Crippen LogP) is 2.32. The standard InChI is InChI=1S/C18H22N2O/c1-13-4-5-14(3-2-10-19)11-17(13)18(21)20(16-8-9-16)12-15-6-7-15/h4-5,11,15-16H,6-10,12,19H2,1H3. The van der Waals surface area contributed by atoms with Crippen molar-refractivity contribution in [3.8, 4) is 11.8 Å². The molecule has 0 aromatic heterocycles. The number of carbonyl (C=O) groups is 1. The predicted molar refractivity (Wildman–Crippen MR) is 83.9 cm³/mol. The van der Waals surface area contributed by atoms with Gasteiger partial charge < -0.3 is 10.6 Å². The zero-order chi connectivity index (χ0) is 14.8. The first-order chi connectivity index (χ1) is 10.2. The quantitative estimate of drug-likeness (QED) is 0.862. The first kappa shape index (κ1) is 14.2. The van der Waals surface area contributed by atoms with E-state index in [9.17, 15) is 4.79 Å². The van der Waals surface area contributed by atoms with Crippen LogP contribution in [0, 0.1) is 24.7 Å². The third kappa shape index (κ3) is 3.46. The second-order valence-corrected chi connectivity index (χ2v) is 6.17. The number of hydrogen-bond acceptors (Lipinski definition) is 2. The summed E-state index contributed by atoms with van der Waals surface area (Å²) in [7, 11) is 0. The molecule has 1 aromatic rings. The third-order valence-corrected chi connectivity index (χ3v) is 4.20. The Morgan fingerprint density at radius 1 is 1.33 bits per heavy atom. The number of carbonyl (C=O) groups excluding carboxylic acids is 1. The highest BCUT2D eigenvalue weighted by Crippen LogP contribution is 2.35. The van der Waals surface area contributed by atoms with Gasteiger partial charge in [-0.3, -0.25) is 4.79 Å². The molecule has 0 aliphatic heterocycles. The molecular formula is C18H22N2O. The second-order valence-electron chi connectivity index (χ2n) is 6.17. The average Bonchev–Trinajstić information content (AvgIpc) is 3.36. The Hall–Kier alpha value is -1.79. The van der Waals surface area contributed by atoms with E-state index in [4.69, 9.17) is 5.73 Å². The van der Waals surface area contributed by atoms with Crippen molar-refractivity contribution < 1.29 is 4.79 Å². The van der Waals surface area contributed by atoms with Crippen LogP contribution in [0.1, 0.15) is 47.2 Å². The smallest absolute Gasteiger partial charge is 0.254 e. The molecule has 1 amide bonds. The van der Waals surface area contributed by atoms with E-state index in [0.717, 1.165) is 42.0 Å². The van der Waals surface area contributed by atoms with E-state index in [0.29, 0.717) is 12.6 Å². The van der Waals surface area contributed by atoms with E-state index >= 15 is 0 Å². The van der Waals surface area contributed by atoms with Crippen molar-refractivity contribution in [2.24, 2.45) is 11.7 Å². The van der Waals surface area contributed by atoms with Crippen molar-refractivity contribution in [1.29, 1.82) is 0 Å². The largest absolute Gasteiger partial charge is 0.335 e. The second kappa shape index (κ2) is 5.91. The highest BCUT2D eigenvalue weighted by atomic mass is 16.2. The molecule has 2 aliphatic rings. The first-order valence-corrected chi connectivity index (χ1v) is 7.79. The molecule has 0 bridgehead atoms. The number of benzene rings is 1. The summed E-state index contributed by atoms with van der Waals surface area (Å²) in [6, 6.07) is 6.33. The van der Waals surface area contributed by atoms with E-state index < -0.39 is 0 Å². The zero-order valence-corrected chi connectivity index (χ0v) is 12.6. The van der Waals surface area contributed by atoms with Crippen molar-refractivity contribution in [2.45, 2.75) is 38.6 Å². The maximum Gasteiger partial charge on any atom is 0.254 e. The van der Waals surface area contributed by atoms with E-state index in [2.05, 4.69) is 16.7 Å². The lowest BCUT2D eigenvalue weighted by Gasteiger charge is -2.23. The maximum absolute atomic E-state index is 12.9. The molecule has 2 N–H and O–H groups in total. The number of amides is 1. The topological polar surface area (TPSA) is 46.3 Å². The molecule has 0 heterocycles. The molecule has 0 spiro atoms. The van der Waals surface area contributed by atoms with Crippen LogP contribution in [0.2, 0.25) is 0 Å². The van der Waals surface area contributed by atoms with Crippen LogP contribution in [0.3, 0.4) is 0 Å². The number of nitrogens with two attached hydrogens (primary N) is 1. The van der Waals surface area contributed by atoms with Crippen LogP contribution in [0.5, 0.6) is 0 Å². The summed E-state index contributed by atoms with van der Waals surface area (Å²) in [6.45, 7) is 3.27. The summed E-state index contributed by atoms with van der Waals surface area (Å²) in [4.78, 5) is 15.0. The van der Waals surface area contributed by atoms with E-state index in [1.807, 2.05) is 25.1 Å². The van der Waals surface area contributed by atoms with Crippen LogP contribution < -0.4 is 5.73 Å². The minimum Gasteiger partial charge on any atom is -0.335 e. The number of rotatable bonds is 4. The Bertz CT molecular complexity index is 603. The molecule has 3 nitrogen and oxygen atoms in total. The van der Waals surface area contributed by atoms with Gasteiger partial charge in [-0.25, -0.2) is 0 Å². The van der Waals surface area contributed by atoms with Gasteiger partial charge in [0.2, 0.25) is 0 Å². The Labute approximate surface area is 126 Å². The SMILES string of the molecule is Cc1ccc(C#CCN)cc1C(=O)N(CC1CC1)C1CC1. The lowest BCUT2D eigenvalue weighted by Crippen LogP contribution is -2.35. The van der Waals surface area contributed by atoms with Crippen LogP contribution in [-0.4, -0.2) is 29.9 Å². The molecule has 0 radical (unpaired) electrons. The molecule has 1 aromatic carbocycles. The third-order valence-electron chi connectivity index (χ3n) is 4.20. The van der Waals surface area contributed by atoms with E-state index in [1.54, 1.807) is 0 Å². The summed E-state index contributed by atoms with van der Waals surface area (Å²) in [5, 5.41) is 0. The van der Waals surface area contributed by atoms with Gasteiger partial charge in [0.15, 0.2) is 0 Å². The van der Waals surface area contributed by atoms with E-state index in [-0.39, 0.29) is 5.91 Å². The van der Waals surface area contributed by atoms with Crippen LogP contribution in [0.15, 0.2) is 18.2 Å². The van der Waals surface area contributed by atoms with Crippen LogP contribution in [-0.2, 0) is 0 Å². The molecule has 110 valence electrons. The summed E-state index contributed by atoms with van der Waals surface area (Å²) < 4.78 is 0. The summed E-state index contributed by atoms with van der Waals surface area (Å²) in [6.07, 6.45) is 4.86. The summed E-state index contributed by atoms with van der Waals surface area (Å²) >= 11 is 0. The summed E-state index contributed by atoms with van der Waals surface area (Å²) in [5.41, 5.74) is 8.11. The highest BCUT2D eigenvalue weighted by molar-refractivity contribution is 5.96. The highest BCUT2D eigenvalue weighted by Gasteiger charge is 2.37. The van der Waals surface area contributed by atoms with Gasteiger partial charge in [0.1, 0.15) is 0 Å². The molecule has 2 aliphatic carbocycles. The number of nitrogens with zero attached hydrogens (tertiary/aromatic N) is 1. The van der Waals surface area contributed by atoms with Crippen molar-refractivity contribution in [3.63, 3.8) is 0 Å². The van der Waals surface area contributed by atoms with Crippen LogP contribution in [0.25, 0.3) is 0 Å². The van der Waals surface area contributed by atoms with Crippen molar-refractivity contribution in [2.75, 3.05) is 13.1 Å². The fourth-order valence-electron chi connectivity index (χ4n) is 2.60. The van der Waals surface area contributed by atoms with Crippen LogP contribution in [0.4, 0.5) is 0 Å². The van der Waals surface area contributed by atoms with Crippen molar-refractivity contribution in [1.82, 2.24) is 4.90 Å². The van der Waals surface area contributed by atoms with Crippen molar-refractivity contribution >= 4 is 5.91 Å². The van der Waals surface area contributed by atoms with Gasteiger partial charge in [0, 0.05) is 23.7 Å². The normalized spacial score (nSPS) is 17.0. The lowest BCUT2D eigenvalue weighted by molar-refractivity contribution is 0.0734. The Morgan fingerprint density at radius 2 is 2.10 bits per heavy atom. The molecule has 0 saturated heterocycles. The van der Waals surface area contributed by atoms with Gasteiger partial charge in [0.05, 0.1) is 6.54 Å². The molecule has 0 atom stereocenters. The number of hydrogen-bond donors (Lipinski definition) is 1. The van der Waals surface area contributed by atoms with Gasteiger partial charge in [-0.1, -0.05) is 17.9 Å². The first-order valence-electron chi connectivity index (χ1n) is 7.79. The summed E-state index contributed by atoms with van der Waals surface area (Å²) in [5.74, 6) is 6.78. The fraction of sp³-hybridized carbons (Fsp3) is 0.500. The molecule has 2 saturated carbocycles. The fourth-order valence-corrected chi connectivity index (χ4v) is 2.60. The van der Waals surface area contributed by atoms with E-state index in [1.165, 1.54) is 12.8 Å². The minimum absolute atomic E-state index is 0.179. The molecule has 0 unspecified atom stereocenters. The van der Waals surface area contributed by atoms with Gasteiger partial charge in [-0.05, 0) is 56.2 Å². The zero-order valence-electron chi connectivity index (χ0n) is 12.6. The molecule has 3 rings (SSSR count). The lowest BCUT2D eigenvalue weighted by atomic mass is 10.0. The maximum atomic E-state index is 12.9. The van der Waals surface area contributed by atoms with Gasteiger partial charge in [0.25, 0.3) is 5.91 Å². The van der Waals surface area contributed by atoms with Gasteiger partial charge in [-0.2, -0.15) is 0 Å². The van der Waals surface area contributed by atoms with Crippen LogP contribution >= 0.6 is 0 Å². The Kier molecular flexibility index (Phi) is 3.98. The van der Waals surface area contributed by atoms with Gasteiger partial charge >= 0.3 is 0 Å². The minimum atomic E-state index is 0.179. The molecule has 21 heavy (non-hydrogen) atoms. The van der Waals surface area contributed by atoms with Crippen molar-refractivity contribution in [3.05, 3.63) is 34.9 Å². The number of aryl methyl sites for hydroxylation is 1. The Balaban J connectivity index is 1.84. The average molecular weight is 282 g/mol. The Morgan fingerprint density at radius 3 is 2.71 bits per heavy atom. The monoisotopic (exact) mass is 282 g/mol. The molecule has 3 heteroatoms. The molecule has 2 fully saturated rings. The van der Waals surface area contributed by atoms with Gasteiger partial charge in [-0.15, -0.1) is 0 Å². The molecular weight excluding hydrogens is 260 g/mol.